The van der Waals surface area contributed by atoms with Crippen molar-refractivity contribution in [3.8, 4) is 0 Å². The number of ether oxygens (including phenoxy) is 2. The molecule has 0 aromatic rings. The van der Waals surface area contributed by atoms with Crippen molar-refractivity contribution in [2.75, 3.05) is 19.7 Å². The van der Waals surface area contributed by atoms with Gasteiger partial charge in [0.2, 0.25) is 0 Å². The Labute approximate surface area is 127 Å². The quantitative estimate of drug-likeness (QED) is 0.735. The highest BCUT2D eigenvalue weighted by molar-refractivity contribution is 5.74. The summed E-state index contributed by atoms with van der Waals surface area (Å²) in [5.41, 5.74) is -0.201. The van der Waals surface area contributed by atoms with Gasteiger partial charge < -0.3 is 14.4 Å². The fourth-order valence-corrected chi connectivity index (χ4v) is 3.31. The Bertz CT molecular complexity index is 397. The Morgan fingerprint density at radius 3 is 2.24 bits per heavy atom. The van der Waals surface area contributed by atoms with Crippen LogP contribution in [0.15, 0.2) is 0 Å². The Balaban J connectivity index is 1.77. The molecule has 5 nitrogen and oxygen atoms in total. The third kappa shape index (κ3) is 3.89. The van der Waals surface area contributed by atoms with Gasteiger partial charge in [-0.25, -0.2) is 4.79 Å². The number of likely N-dealkylation sites (tertiary alicyclic amines) is 1. The number of piperidine rings is 1. The van der Waals surface area contributed by atoms with Crippen LogP contribution in [-0.2, 0) is 14.3 Å². The summed E-state index contributed by atoms with van der Waals surface area (Å²) in [6.07, 6.45) is 3.52. The molecule has 2 fully saturated rings. The van der Waals surface area contributed by atoms with Gasteiger partial charge in [0.25, 0.3) is 0 Å². The highest BCUT2D eigenvalue weighted by Crippen LogP contribution is 2.52. The molecule has 21 heavy (non-hydrogen) atoms. The van der Waals surface area contributed by atoms with E-state index >= 15 is 0 Å². The van der Waals surface area contributed by atoms with Crippen LogP contribution in [0.4, 0.5) is 4.79 Å². The summed E-state index contributed by atoms with van der Waals surface area (Å²) >= 11 is 0. The third-order valence-corrected chi connectivity index (χ3v) is 4.45. The SMILES string of the molecule is CCOC(=O)C1CC2(CCN(C(=O)OC(C)(C)C)CC2)C1. The molecule has 0 aromatic carbocycles. The van der Waals surface area contributed by atoms with Crippen LogP contribution in [0.2, 0.25) is 0 Å². The smallest absolute Gasteiger partial charge is 0.410 e. The average Bonchev–Trinajstić information content (AvgIpc) is 2.34. The van der Waals surface area contributed by atoms with Crippen molar-refractivity contribution in [3.63, 3.8) is 0 Å². The molecule has 2 rings (SSSR count). The summed E-state index contributed by atoms with van der Waals surface area (Å²) in [5.74, 6) is 0.00993. The molecule has 2 aliphatic rings. The van der Waals surface area contributed by atoms with E-state index in [-0.39, 0.29) is 23.4 Å². The van der Waals surface area contributed by atoms with Gasteiger partial charge in [0.15, 0.2) is 0 Å². The van der Waals surface area contributed by atoms with Gasteiger partial charge in [0, 0.05) is 13.1 Å². The number of amides is 1. The number of hydrogen-bond acceptors (Lipinski definition) is 4. The van der Waals surface area contributed by atoms with Crippen molar-refractivity contribution in [3.05, 3.63) is 0 Å². The fourth-order valence-electron chi connectivity index (χ4n) is 3.31. The first-order valence-corrected chi connectivity index (χ1v) is 7.89. The number of rotatable bonds is 2. The first-order chi connectivity index (χ1) is 9.75. The highest BCUT2D eigenvalue weighted by atomic mass is 16.6. The number of carbonyl (C=O) groups excluding carboxylic acids is 2. The van der Waals surface area contributed by atoms with Crippen LogP contribution in [0.3, 0.4) is 0 Å². The molecular formula is C16H27NO4. The lowest BCUT2D eigenvalue weighted by atomic mass is 9.57. The van der Waals surface area contributed by atoms with Gasteiger partial charge in [-0.3, -0.25) is 4.79 Å². The molecule has 120 valence electrons. The van der Waals surface area contributed by atoms with Crippen LogP contribution in [0.25, 0.3) is 0 Å². The molecule has 0 radical (unpaired) electrons. The van der Waals surface area contributed by atoms with Crippen LogP contribution in [0.5, 0.6) is 0 Å². The zero-order valence-electron chi connectivity index (χ0n) is 13.6. The van der Waals surface area contributed by atoms with Gasteiger partial charge in [0.05, 0.1) is 12.5 Å². The summed E-state index contributed by atoms with van der Waals surface area (Å²) in [4.78, 5) is 25.5. The zero-order valence-corrected chi connectivity index (χ0v) is 13.6. The van der Waals surface area contributed by atoms with Crippen LogP contribution in [-0.4, -0.2) is 42.3 Å². The van der Waals surface area contributed by atoms with E-state index in [0.29, 0.717) is 6.61 Å². The topological polar surface area (TPSA) is 55.8 Å². The van der Waals surface area contributed by atoms with E-state index < -0.39 is 5.60 Å². The Hall–Kier alpha value is -1.26. The minimum absolute atomic E-state index is 0.0577. The van der Waals surface area contributed by atoms with E-state index in [0.717, 1.165) is 38.8 Å². The minimum atomic E-state index is -0.447. The molecule has 0 bridgehead atoms. The van der Waals surface area contributed by atoms with Gasteiger partial charge in [-0.2, -0.15) is 0 Å². The largest absolute Gasteiger partial charge is 0.466 e. The number of hydrogen-bond donors (Lipinski definition) is 0. The van der Waals surface area contributed by atoms with Gasteiger partial charge in [-0.05, 0) is 58.8 Å². The maximum atomic E-state index is 12.0. The highest BCUT2D eigenvalue weighted by Gasteiger charge is 2.49. The molecular weight excluding hydrogens is 270 g/mol. The van der Waals surface area contributed by atoms with Crippen LogP contribution in [0.1, 0.15) is 53.4 Å². The fraction of sp³-hybridized carbons (Fsp3) is 0.875. The lowest BCUT2D eigenvalue weighted by Gasteiger charge is -2.51. The van der Waals surface area contributed by atoms with Gasteiger partial charge in [0.1, 0.15) is 5.60 Å². The second-order valence-electron chi connectivity index (χ2n) is 7.32. The average molecular weight is 297 g/mol. The van der Waals surface area contributed by atoms with E-state index in [4.69, 9.17) is 9.47 Å². The Morgan fingerprint density at radius 1 is 1.19 bits per heavy atom. The normalized spacial score (nSPS) is 21.8. The predicted octanol–water partition coefficient (Wildman–Crippen LogP) is 2.98. The first-order valence-electron chi connectivity index (χ1n) is 7.89. The van der Waals surface area contributed by atoms with E-state index in [1.165, 1.54) is 0 Å². The Kier molecular flexibility index (Phi) is 4.49. The van der Waals surface area contributed by atoms with E-state index in [1.54, 1.807) is 4.90 Å². The summed E-state index contributed by atoms with van der Waals surface area (Å²) in [6, 6.07) is 0. The third-order valence-electron chi connectivity index (χ3n) is 4.45. The van der Waals surface area contributed by atoms with Crippen LogP contribution in [0, 0.1) is 11.3 Å². The van der Waals surface area contributed by atoms with Crippen molar-refractivity contribution in [1.82, 2.24) is 4.90 Å². The molecule has 1 spiro atoms. The van der Waals surface area contributed by atoms with Crippen LogP contribution < -0.4 is 0 Å². The predicted molar refractivity (Wildman–Crippen MR) is 78.8 cm³/mol. The molecule has 0 aromatic heterocycles. The summed E-state index contributed by atoms with van der Waals surface area (Å²) in [6.45, 7) is 9.39. The maximum Gasteiger partial charge on any atom is 0.410 e. The molecule has 1 amide bonds. The lowest BCUT2D eigenvalue weighted by Crippen LogP contribution is -2.51. The number of carbonyl (C=O) groups is 2. The monoisotopic (exact) mass is 297 g/mol. The molecule has 5 heteroatoms. The zero-order chi connectivity index (χ0) is 15.7. The standard InChI is InChI=1S/C16H27NO4/c1-5-20-13(18)12-10-16(11-12)6-8-17(9-7-16)14(19)21-15(2,3)4/h12H,5-11H2,1-4H3. The van der Waals surface area contributed by atoms with Crippen molar-refractivity contribution < 1.29 is 19.1 Å². The first kappa shape index (κ1) is 16.1. The molecule has 1 heterocycles. The van der Waals surface area contributed by atoms with Gasteiger partial charge in [-0.15, -0.1) is 0 Å². The van der Waals surface area contributed by atoms with E-state index in [1.807, 2.05) is 27.7 Å². The molecule has 0 atom stereocenters. The van der Waals surface area contributed by atoms with Crippen LogP contribution >= 0.6 is 0 Å². The van der Waals surface area contributed by atoms with E-state index in [9.17, 15) is 9.59 Å². The molecule has 1 aliphatic carbocycles. The second kappa shape index (κ2) is 5.85. The molecule has 1 aliphatic heterocycles. The number of esters is 1. The summed E-state index contributed by atoms with van der Waals surface area (Å²) in [5, 5.41) is 0. The maximum absolute atomic E-state index is 12.0. The summed E-state index contributed by atoms with van der Waals surface area (Å²) < 4.78 is 10.5. The second-order valence-corrected chi connectivity index (χ2v) is 7.32. The Morgan fingerprint density at radius 2 is 1.76 bits per heavy atom. The van der Waals surface area contributed by atoms with Crippen molar-refractivity contribution >= 4 is 12.1 Å². The summed E-state index contributed by atoms with van der Waals surface area (Å²) in [7, 11) is 0. The molecule has 0 unspecified atom stereocenters. The lowest BCUT2D eigenvalue weighted by molar-refractivity contribution is -0.158. The van der Waals surface area contributed by atoms with Crippen molar-refractivity contribution in [1.29, 1.82) is 0 Å². The van der Waals surface area contributed by atoms with E-state index in [2.05, 4.69) is 0 Å². The molecule has 1 saturated heterocycles. The van der Waals surface area contributed by atoms with Gasteiger partial charge in [-0.1, -0.05) is 0 Å². The number of nitrogens with zero attached hydrogens (tertiary/aromatic N) is 1. The minimum Gasteiger partial charge on any atom is -0.466 e. The van der Waals surface area contributed by atoms with Crippen molar-refractivity contribution in [2.45, 2.75) is 59.0 Å². The van der Waals surface area contributed by atoms with Crippen molar-refractivity contribution in [2.24, 2.45) is 11.3 Å². The molecule has 1 saturated carbocycles. The van der Waals surface area contributed by atoms with Gasteiger partial charge >= 0.3 is 12.1 Å². The molecule has 0 N–H and O–H groups in total.